The highest BCUT2D eigenvalue weighted by atomic mass is 19.1. The molecule has 1 aromatic carbocycles. The second kappa shape index (κ2) is 5.75. The van der Waals surface area contributed by atoms with Gasteiger partial charge in [-0.1, -0.05) is 30.3 Å². The van der Waals surface area contributed by atoms with Gasteiger partial charge in [0.25, 0.3) is 5.91 Å². The Morgan fingerprint density at radius 3 is 2.50 bits per heavy atom. The van der Waals surface area contributed by atoms with E-state index in [1.165, 1.54) is 6.08 Å². The first kappa shape index (κ1) is 13.3. The first-order valence-electron chi connectivity index (χ1n) is 7.19. The van der Waals surface area contributed by atoms with Crippen molar-refractivity contribution < 1.29 is 9.18 Å². The van der Waals surface area contributed by atoms with E-state index < -0.39 is 11.7 Å². The standard InChI is InChI=1S/C16H19FN2O/c17-15(12-13-4-2-1-3-5-13)16(20)19-11-10-18-8-6-14(19)7-9-18/h1-5,12,14H,6-11H2. The fourth-order valence-electron chi connectivity index (χ4n) is 3.05. The van der Waals surface area contributed by atoms with Gasteiger partial charge >= 0.3 is 0 Å². The molecule has 0 saturated carbocycles. The highest BCUT2D eigenvalue weighted by Gasteiger charge is 2.33. The first-order chi connectivity index (χ1) is 9.74. The molecular weight excluding hydrogens is 255 g/mol. The highest BCUT2D eigenvalue weighted by molar-refractivity contribution is 5.95. The van der Waals surface area contributed by atoms with Gasteiger partial charge in [0.05, 0.1) is 0 Å². The van der Waals surface area contributed by atoms with Gasteiger partial charge in [-0.05, 0) is 24.5 Å². The molecule has 0 N–H and O–H groups in total. The summed E-state index contributed by atoms with van der Waals surface area (Å²) < 4.78 is 14.2. The van der Waals surface area contributed by atoms with Crippen LogP contribution < -0.4 is 0 Å². The third-order valence-corrected chi connectivity index (χ3v) is 4.21. The number of fused-ring (bicyclic) bond motifs is 4. The van der Waals surface area contributed by atoms with Crippen LogP contribution in [0.4, 0.5) is 4.39 Å². The molecule has 0 aliphatic carbocycles. The molecule has 1 amide bonds. The van der Waals surface area contributed by atoms with E-state index in [1.54, 1.807) is 17.0 Å². The normalized spacial score (nSPS) is 26.4. The molecule has 1 aromatic rings. The van der Waals surface area contributed by atoms with Crippen molar-refractivity contribution in [1.82, 2.24) is 9.80 Å². The lowest BCUT2D eigenvalue weighted by molar-refractivity contribution is -0.130. The minimum absolute atomic E-state index is 0.205. The maximum absolute atomic E-state index is 14.2. The number of rotatable bonds is 2. The fraction of sp³-hybridized carbons (Fsp3) is 0.438. The minimum Gasteiger partial charge on any atom is -0.332 e. The number of carbonyl (C=O) groups is 1. The van der Waals surface area contributed by atoms with E-state index in [0.717, 1.165) is 38.0 Å². The Hall–Kier alpha value is -1.68. The summed E-state index contributed by atoms with van der Waals surface area (Å²) in [5, 5.41) is 0. The summed E-state index contributed by atoms with van der Waals surface area (Å²) in [5.74, 6) is -1.11. The number of benzene rings is 1. The van der Waals surface area contributed by atoms with E-state index in [4.69, 9.17) is 0 Å². The summed E-state index contributed by atoms with van der Waals surface area (Å²) in [4.78, 5) is 16.4. The molecule has 0 unspecified atom stereocenters. The number of piperidine rings is 1. The Bertz CT molecular complexity index is 506. The summed E-state index contributed by atoms with van der Waals surface area (Å²) >= 11 is 0. The second-order valence-corrected chi connectivity index (χ2v) is 5.47. The average Bonchev–Trinajstić information content (AvgIpc) is 2.81. The predicted octanol–water partition coefficient (Wildman–Crippen LogP) is 2.30. The molecule has 2 bridgehead atoms. The number of hydrogen-bond donors (Lipinski definition) is 0. The molecule has 0 aromatic heterocycles. The van der Waals surface area contributed by atoms with E-state index in [1.807, 2.05) is 18.2 Å². The number of amides is 1. The summed E-state index contributed by atoms with van der Waals surface area (Å²) in [6, 6.07) is 9.35. The van der Waals surface area contributed by atoms with Crippen LogP contribution in [-0.4, -0.2) is 47.9 Å². The maximum atomic E-state index is 14.2. The van der Waals surface area contributed by atoms with Gasteiger partial charge in [0.15, 0.2) is 5.83 Å². The maximum Gasteiger partial charge on any atom is 0.282 e. The Morgan fingerprint density at radius 1 is 1.10 bits per heavy atom. The summed E-state index contributed by atoms with van der Waals surface area (Å²) in [6.07, 6.45) is 3.26. The molecule has 20 heavy (non-hydrogen) atoms. The lowest BCUT2D eigenvalue weighted by Crippen LogP contribution is -2.41. The van der Waals surface area contributed by atoms with Crippen LogP contribution in [0.5, 0.6) is 0 Å². The van der Waals surface area contributed by atoms with Gasteiger partial charge in [0.1, 0.15) is 0 Å². The Labute approximate surface area is 118 Å². The van der Waals surface area contributed by atoms with Gasteiger partial charge in [-0.15, -0.1) is 0 Å². The third-order valence-electron chi connectivity index (χ3n) is 4.21. The summed E-state index contributed by atoms with van der Waals surface area (Å²) in [6.45, 7) is 3.55. The molecular formula is C16H19FN2O. The molecule has 3 aliphatic heterocycles. The van der Waals surface area contributed by atoms with E-state index in [2.05, 4.69) is 4.90 Å². The van der Waals surface area contributed by atoms with Crippen LogP contribution >= 0.6 is 0 Å². The topological polar surface area (TPSA) is 23.6 Å². The van der Waals surface area contributed by atoms with Crippen LogP contribution in [0.25, 0.3) is 6.08 Å². The largest absolute Gasteiger partial charge is 0.332 e. The molecule has 3 heterocycles. The second-order valence-electron chi connectivity index (χ2n) is 5.47. The molecule has 4 rings (SSSR count). The number of nitrogens with zero attached hydrogens (tertiary/aromatic N) is 2. The summed E-state index contributed by atoms with van der Waals surface area (Å²) in [7, 11) is 0. The van der Waals surface area contributed by atoms with Gasteiger partial charge in [-0.3, -0.25) is 4.79 Å². The SMILES string of the molecule is O=C(C(F)=Cc1ccccc1)N1CCN2CCC1CC2. The monoisotopic (exact) mass is 274 g/mol. The van der Waals surface area contributed by atoms with Crippen molar-refractivity contribution >= 4 is 12.0 Å². The Morgan fingerprint density at radius 2 is 1.80 bits per heavy atom. The molecule has 3 nitrogen and oxygen atoms in total. The van der Waals surface area contributed by atoms with E-state index >= 15 is 0 Å². The average molecular weight is 274 g/mol. The van der Waals surface area contributed by atoms with Crippen LogP contribution in [0, 0.1) is 0 Å². The van der Waals surface area contributed by atoms with Crippen LogP contribution in [-0.2, 0) is 4.79 Å². The van der Waals surface area contributed by atoms with Crippen LogP contribution in [0.3, 0.4) is 0 Å². The van der Waals surface area contributed by atoms with Crippen LogP contribution in [0.1, 0.15) is 18.4 Å². The van der Waals surface area contributed by atoms with Crippen molar-refractivity contribution in [1.29, 1.82) is 0 Å². The molecule has 3 saturated heterocycles. The lowest BCUT2D eigenvalue weighted by Gasteiger charge is -2.31. The highest BCUT2D eigenvalue weighted by Crippen LogP contribution is 2.23. The zero-order valence-electron chi connectivity index (χ0n) is 11.5. The quantitative estimate of drug-likeness (QED) is 0.773. The van der Waals surface area contributed by atoms with Crippen molar-refractivity contribution in [3.8, 4) is 0 Å². The molecule has 4 heteroatoms. The minimum atomic E-state index is -0.656. The molecule has 106 valence electrons. The van der Waals surface area contributed by atoms with Gasteiger partial charge < -0.3 is 9.80 Å². The number of halogens is 1. The van der Waals surface area contributed by atoms with Gasteiger partial charge in [-0.25, -0.2) is 4.39 Å². The van der Waals surface area contributed by atoms with Crippen LogP contribution in [0.2, 0.25) is 0 Å². The molecule has 0 atom stereocenters. The van der Waals surface area contributed by atoms with Gasteiger partial charge in [0.2, 0.25) is 0 Å². The van der Waals surface area contributed by atoms with Crippen molar-refractivity contribution in [3.63, 3.8) is 0 Å². The van der Waals surface area contributed by atoms with Crippen LogP contribution in [0.15, 0.2) is 36.2 Å². The van der Waals surface area contributed by atoms with E-state index in [0.29, 0.717) is 6.54 Å². The third kappa shape index (κ3) is 2.75. The van der Waals surface area contributed by atoms with Crippen molar-refractivity contribution in [2.24, 2.45) is 0 Å². The first-order valence-corrected chi connectivity index (χ1v) is 7.19. The van der Waals surface area contributed by atoms with Gasteiger partial charge in [-0.2, -0.15) is 0 Å². The number of carbonyl (C=O) groups excluding carboxylic acids is 1. The van der Waals surface area contributed by atoms with E-state index in [-0.39, 0.29) is 6.04 Å². The van der Waals surface area contributed by atoms with Crippen molar-refractivity contribution in [2.45, 2.75) is 18.9 Å². The molecule has 3 aliphatic rings. The Balaban J connectivity index is 1.76. The van der Waals surface area contributed by atoms with Gasteiger partial charge in [0, 0.05) is 32.2 Å². The lowest BCUT2D eigenvalue weighted by atomic mass is 10.0. The van der Waals surface area contributed by atoms with Crippen molar-refractivity contribution in [2.75, 3.05) is 26.2 Å². The number of hydrogen-bond acceptors (Lipinski definition) is 2. The zero-order valence-corrected chi connectivity index (χ0v) is 11.5. The summed E-state index contributed by atoms with van der Waals surface area (Å²) in [5.41, 5.74) is 0.723. The molecule has 3 fully saturated rings. The van der Waals surface area contributed by atoms with E-state index in [9.17, 15) is 9.18 Å². The Kier molecular flexibility index (Phi) is 3.83. The predicted molar refractivity (Wildman–Crippen MR) is 76.7 cm³/mol. The molecule has 0 radical (unpaired) electrons. The van der Waals surface area contributed by atoms with Crippen molar-refractivity contribution in [3.05, 3.63) is 41.7 Å². The molecule has 0 spiro atoms. The zero-order chi connectivity index (χ0) is 13.9. The smallest absolute Gasteiger partial charge is 0.282 e. The fourth-order valence-corrected chi connectivity index (χ4v) is 3.05.